The summed E-state index contributed by atoms with van der Waals surface area (Å²) in [6.45, 7) is 2.17. The van der Waals surface area contributed by atoms with E-state index >= 15 is 0 Å². The topological polar surface area (TPSA) is 44.5 Å². The van der Waals surface area contributed by atoms with Crippen molar-refractivity contribution in [3.05, 3.63) is 59.2 Å². The summed E-state index contributed by atoms with van der Waals surface area (Å²) in [5.74, 6) is 1.63. The van der Waals surface area contributed by atoms with Gasteiger partial charge in [-0.15, -0.1) is 0 Å². The first-order valence-electron chi connectivity index (χ1n) is 7.41. The summed E-state index contributed by atoms with van der Waals surface area (Å²) in [4.78, 5) is 0. The highest BCUT2D eigenvalue weighted by atomic mass is 16.5. The maximum Gasteiger partial charge on any atom is 0.128 e. The Hall–Kier alpha value is -2.00. The van der Waals surface area contributed by atoms with Crippen LogP contribution in [0.4, 0.5) is 0 Å². The van der Waals surface area contributed by atoms with Gasteiger partial charge in [0.25, 0.3) is 0 Å². The van der Waals surface area contributed by atoms with E-state index in [9.17, 15) is 0 Å². The number of hydrogen-bond donors (Lipinski definition) is 1. The van der Waals surface area contributed by atoms with Crippen LogP contribution in [0.2, 0.25) is 0 Å². The maximum atomic E-state index is 6.34. The van der Waals surface area contributed by atoms with Crippen LogP contribution in [0.5, 0.6) is 11.5 Å². The Morgan fingerprint density at radius 1 is 1.19 bits per heavy atom. The fourth-order valence-electron chi connectivity index (χ4n) is 2.97. The minimum atomic E-state index is -0.00503. The maximum absolute atomic E-state index is 6.34. The normalized spacial score (nSPS) is 20.5. The molecule has 0 saturated carbocycles. The molecular formula is C18H21NO2. The first-order valence-corrected chi connectivity index (χ1v) is 7.41. The third kappa shape index (κ3) is 2.61. The smallest absolute Gasteiger partial charge is 0.128 e. The fourth-order valence-corrected chi connectivity index (χ4v) is 2.97. The molecule has 3 nitrogen and oxygen atoms in total. The molecule has 0 radical (unpaired) electrons. The van der Waals surface area contributed by atoms with Crippen LogP contribution in [-0.2, 0) is 6.42 Å². The van der Waals surface area contributed by atoms with Crippen molar-refractivity contribution in [3.8, 4) is 11.5 Å². The van der Waals surface area contributed by atoms with Gasteiger partial charge in [-0.05, 0) is 23.6 Å². The first kappa shape index (κ1) is 14.0. The van der Waals surface area contributed by atoms with E-state index in [-0.39, 0.29) is 12.1 Å². The lowest BCUT2D eigenvalue weighted by Gasteiger charge is -2.31. The van der Waals surface area contributed by atoms with Crippen molar-refractivity contribution in [2.45, 2.75) is 31.9 Å². The van der Waals surface area contributed by atoms with Crippen molar-refractivity contribution in [1.82, 2.24) is 0 Å². The summed E-state index contributed by atoms with van der Waals surface area (Å²) in [5, 5.41) is 0. The van der Waals surface area contributed by atoms with Crippen molar-refractivity contribution in [2.75, 3.05) is 7.11 Å². The highest BCUT2D eigenvalue weighted by molar-refractivity contribution is 5.45. The van der Waals surface area contributed by atoms with E-state index in [0.717, 1.165) is 29.9 Å². The van der Waals surface area contributed by atoms with Crippen LogP contribution in [0, 0.1) is 0 Å². The van der Waals surface area contributed by atoms with Crippen molar-refractivity contribution >= 4 is 0 Å². The van der Waals surface area contributed by atoms with E-state index in [0.29, 0.717) is 0 Å². The van der Waals surface area contributed by atoms with Gasteiger partial charge in [0.05, 0.1) is 7.11 Å². The molecule has 0 fully saturated rings. The zero-order chi connectivity index (χ0) is 14.8. The molecule has 21 heavy (non-hydrogen) atoms. The van der Waals surface area contributed by atoms with Gasteiger partial charge in [-0.25, -0.2) is 0 Å². The second kappa shape index (κ2) is 5.78. The average molecular weight is 283 g/mol. The molecule has 2 aromatic carbocycles. The third-order valence-electron chi connectivity index (χ3n) is 4.14. The Kier molecular flexibility index (Phi) is 3.84. The first-order chi connectivity index (χ1) is 10.2. The summed E-state index contributed by atoms with van der Waals surface area (Å²) < 4.78 is 11.5. The largest absolute Gasteiger partial charge is 0.497 e. The second-order valence-electron chi connectivity index (χ2n) is 5.40. The molecule has 0 aliphatic carbocycles. The Labute approximate surface area is 125 Å². The number of fused-ring (bicyclic) bond motifs is 1. The van der Waals surface area contributed by atoms with Crippen LogP contribution in [0.15, 0.2) is 42.5 Å². The molecule has 2 unspecified atom stereocenters. The molecule has 0 saturated heterocycles. The molecule has 1 aliphatic heterocycles. The predicted octanol–water partition coefficient (Wildman–Crippen LogP) is 3.78. The number of rotatable bonds is 3. The van der Waals surface area contributed by atoms with E-state index in [4.69, 9.17) is 15.2 Å². The standard InChI is InChI=1S/C18H21NO2/c1-3-12-6-4-5-7-14(12)18-11-16(19)15-9-8-13(20-2)10-17(15)21-18/h4-10,16,18H,3,11,19H2,1-2H3. The summed E-state index contributed by atoms with van der Waals surface area (Å²) in [5.41, 5.74) is 9.95. The van der Waals surface area contributed by atoms with Gasteiger partial charge in [0, 0.05) is 24.1 Å². The average Bonchev–Trinajstić information content (AvgIpc) is 2.54. The van der Waals surface area contributed by atoms with Crippen molar-refractivity contribution < 1.29 is 9.47 Å². The monoisotopic (exact) mass is 283 g/mol. The quantitative estimate of drug-likeness (QED) is 0.932. The minimum absolute atomic E-state index is 0.00503. The zero-order valence-corrected chi connectivity index (χ0v) is 12.5. The lowest BCUT2D eigenvalue weighted by Crippen LogP contribution is -2.24. The fraction of sp³-hybridized carbons (Fsp3) is 0.333. The molecule has 2 N–H and O–H groups in total. The summed E-state index contributed by atoms with van der Waals surface area (Å²) in [6.07, 6.45) is 1.81. The molecular weight excluding hydrogens is 262 g/mol. The zero-order valence-electron chi connectivity index (χ0n) is 12.5. The number of aryl methyl sites for hydroxylation is 1. The molecule has 3 heteroatoms. The van der Waals surface area contributed by atoms with E-state index < -0.39 is 0 Å². The number of nitrogens with two attached hydrogens (primary N) is 1. The van der Waals surface area contributed by atoms with Gasteiger partial charge in [-0.3, -0.25) is 0 Å². The van der Waals surface area contributed by atoms with Gasteiger partial charge >= 0.3 is 0 Å². The summed E-state index contributed by atoms with van der Waals surface area (Å²) >= 11 is 0. The minimum Gasteiger partial charge on any atom is -0.497 e. The molecule has 2 atom stereocenters. The SMILES string of the molecule is CCc1ccccc1C1CC(N)c2ccc(OC)cc2O1. The van der Waals surface area contributed by atoms with Gasteiger partial charge in [0.2, 0.25) is 0 Å². The highest BCUT2D eigenvalue weighted by Crippen LogP contribution is 2.41. The van der Waals surface area contributed by atoms with Gasteiger partial charge in [-0.2, -0.15) is 0 Å². The molecule has 2 aromatic rings. The molecule has 0 spiro atoms. The number of methoxy groups -OCH3 is 1. The van der Waals surface area contributed by atoms with E-state index in [1.165, 1.54) is 11.1 Å². The highest BCUT2D eigenvalue weighted by Gasteiger charge is 2.28. The second-order valence-corrected chi connectivity index (χ2v) is 5.40. The Bertz CT molecular complexity index is 639. The molecule has 0 aromatic heterocycles. The van der Waals surface area contributed by atoms with E-state index in [2.05, 4.69) is 31.2 Å². The number of ether oxygens (including phenoxy) is 2. The van der Waals surface area contributed by atoms with Gasteiger partial charge < -0.3 is 15.2 Å². The molecule has 0 amide bonds. The van der Waals surface area contributed by atoms with Crippen molar-refractivity contribution in [2.24, 2.45) is 5.73 Å². The van der Waals surface area contributed by atoms with Gasteiger partial charge in [0.1, 0.15) is 17.6 Å². The Balaban J connectivity index is 1.97. The van der Waals surface area contributed by atoms with Crippen molar-refractivity contribution in [3.63, 3.8) is 0 Å². The number of benzene rings is 2. The van der Waals surface area contributed by atoms with Crippen LogP contribution in [0.1, 0.15) is 42.2 Å². The molecule has 3 rings (SSSR count). The molecule has 1 aliphatic rings. The van der Waals surface area contributed by atoms with Gasteiger partial charge in [0.15, 0.2) is 0 Å². The van der Waals surface area contributed by atoms with Crippen LogP contribution in [-0.4, -0.2) is 7.11 Å². The molecule has 110 valence electrons. The lowest BCUT2D eigenvalue weighted by atomic mass is 9.91. The Morgan fingerprint density at radius 3 is 2.76 bits per heavy atom. The Morgan fingerprint density at radius 2 is 2.00 bits per heavy atom. The van der Waals surface area contributed by atoms with E-state index in [1.807, 2.05) is 18.2 Å². The summed E-state index contributed by atoms with van der Waals surface area (Å²) in [6, 6.07) is 14.3. The molecule has 1 heterocycles. The third-order valence-corrected chi connectivity index (χ3v) is 4.14. The lowest BCUT2D eigenvalue weighted by molar-refractivity contribution is 0.160. The van der Waals surface area contributed by atoms with Crippen LogP contribution in [0.3, 0.4) is 0 Å². The predicted molar refractivity (Wildman–Crippen MR) is 83.7 cm³/mol. The van der Waals surface area contributed by atoms with Gasteiger partial charge in [-0.1, -0.05) is 37.3 Å². The molecule has 0 bridgehead atoms. The van der Waals surface area contributed by atoms with Crippen LogP contribution in [0.25, 0.3) is 0 Å². The van der Waals surface area contributed by atoms with E-state index in [1.54, 1.807) is 7.11 Å². The number of hydrogen-bond acceptors (Lipinski definition) is 3. The summed E-state index contributed by atoms with van der Waals surface area (Å²) in [7, 11) is 1.66. The van der Waals surface area contributed by atoms with Crippen LogP contribution < -0.4 is 15.2 Å². The van der Waals surface area contributed by atoms with Crippen LogP contribution >= 0.6 is 0 Å². The van der Waals surface area contributed by atoms with Crippen molar-refractivity contribution in [1.29, 1.82) is 0 Å².